The van der Waals surface area contributed by atoms with Crippen LogP contribution in [-0.4, -0.2) is 42.1 Å². The first-order valence-corrected chi connectivity index (χ1v) is 9.33. The number of nitrogens with one attached hydrogen (secondary N) is 1. The normalized spacial score (nSPS) is 11.4. The number of aromatic carboxylic acids is 1. The third kappa shape index (κ3) is 6.53. The zero-order valence-corrected chi connectivity index (χ0v) is 16.8. The Balaban J connectivity index is 0.00000432. The summed E-state index contributed by atoms with van der Waals surface area (Å²) in [7, 11) is 0. The maximum atomic E-state index is 13.1. The van der Waals surface area contributed by atoms with Gasteiger partial charge in [-0.2, -0.15) is 26.3 Å². The van der Waals surface area contributed by atoms with Gasteiger partial charge in [-0.15, -0.1) is 0 Å². The number of benzene rings is 3. The van der Waals surface area contributed by atoms with E-state index in [4.69, 9.17) is 0 Å². The Labute approximate surface area is 205 Å². The molecule has 0 atom stereocenters. The topological polar surface area (TPSA) is 83.5 Å². The van der Waals surface area contributed by atoms with Crippen LogP contribution in [0.5, 0.6) is 0 Å². The minimum absolute atomic E-state index is 0. The molecular formula is C23H14F6LiNO4. The van der Waals surface area contributed by atoms with Crippen LogP contribution in [0.3, 0.4) is 0 Å². The average molecular weight is 489 g/mol. The van der Waals surface area contributed by atoms with Crippen molar-refractivity contribution in [1.82, 2.24) is 0 Å². The van der Waals surface area contributed by atoms with E-state index in [0.717, 1.165) is 12.1 Å². The van der Waals surface area contributed by atoms with E-state index in [0.29, 0.717) is 23.0 Å². The number of alkyl halides is 6. The fraction of sp³-hybridized carbons (Fsp3) is 0.0870. The Morgan fingerprint density at radius 1 is 0.800 bits per heavy atom. The SMILES string of the molecule is O=Cc1cccc(-c2ccc(NC(=O)c3cc(C(F)(F)F)cc(C(F)(F)F)c3)c(C(=O)O)c2)c1.[LiH]. The number of anilines is 1. The van der Waals surface area contributed by atoms with Crippen molar-refractivity contribution in [1.29, 1.82) is 0 Å². The predicted molar refractivity (Wildman–Crippen MR) is 116 cm³/mol. The summed E-state index contributed by atoms with van der Waals surface area (Å²) in [6.45, 7) is 0. The first kappa shape index (κ1) is 27.7. The Morgan fingerprint density at radius 3 is 1.89 bits per heavy atom. The molecule has 12 heteroatoms. The van der Waals surface area contributed by atoms with Crippen molar-refractivity contribution in [2.75, 3.05) is 5.32 Å². The van der Waals surface area contributed by atoms with Crippen LogP contribution in [0.25, 0.3) is 11.1 Å². The predicted octanol–water partition coefficient (Wildman–Crippen LogP) is 5.51. The molecule has 0 radical (unpaired) electrons. The van der Waals surface area contributed by atoms with Gasteiger partial charge in [0, 0.05) is 11.1 Å². The van der Waals surface area contributed by atoms with Gasteiger partial charge in [-0.1, -0.05) is 24.3 Å². The van der Waals surface area contributed by atoms with Crippen LogP contribution in [0, 0.1) is 0 Å². The number of hydrogen-bond acceptors (Lipinski definition) is 3. The molecule has 0 aromatic heterocycles. The van der Waals surface area contributed by atoms with E-state index in [2.05, 4.69) is 5.32 Å². The summed E-state index contributed by atoms with van der Waals surface area (Å²) in [6.07, 6.45) is -9.72. The van der Waals surface area contributed by atoms with Crippen molar-refractivity contribution in [3.8, 4) is 11.1 Å². The Hall–Kier alpha value is -3.55. The minimum atomic E-state index is -5.15. The van der Waals surface area contributed by atoms with Gasteiger partial charge in [0.25, 0.3) is 5.91 Å². The van der Waals surface area contributed by atoms with Crippen LogP contribution in [-0.2, 0) is 12.4 Å². The molecule has 3 aromatic rings. The molecule has 3 aromatic carbocycles. The van der Waals surface area contributed by atoms with Crippen molar-refractivity contribution in [3.63, 3.8) is 0 Å². The van der Waals surface area contributed by atoms with E-state index in [9.17, 15) is 45.8 Å². The Kier molecular flexibility index (Phi) is 8.21. The molecule has 5 nitrogen and oxygen atoms in total. The van der Waals surface area contributed by atoms with Crippen LogP contribution in [0.1, 0.15) is 42.2 Å². The summed E-state index contributed by atoms with van der Waals surface area (Å²) in [5, 5.41) is 11.6. The van der Waals surface area contributed by atoms with E-state index < -0.39 is 46.5 Å². The second-order valence-electron chi connectivity index (χ2n) is 7.06. The first-order chi connectivity index (χ1) is 15.8. The number of carboxylic acid groups (broad SMARTS) is 1. The summed E-state index contributed by atoms with van der Waals surface area (Å²) < 4.78 is 78.3. The Bertz CT molecular complexity index is 1260. The molecule has 0 aliphatic rings. The van der Waals surface area contributed by atoms with Crippen molar-refractivity contribution in [2.24, 2.45) is 0 Å². The molecule has 0 saturated carbocycles. The molecule has 0 aliphatic carbocycles. The second-order valence-corrected chi connectivity index (χ2v) is 7.06. The number of carboxylic acids is 1. The van der Waals surface area contributed by atoms with Gasteiger partial charge in [-0.3, -0.25) is 9.59 Å². The van der Waals surface area contributed by atoms with Gasteiger partial charge in [0.15, 0.2) is 0 Å². The quantitative estimate of drug-likeness (QED) is 0.282. The summed E-state index contributed by atoms with van der Waals surface area (Å²) >= 11 is 0. The van der Waals surface area contributed by atoms with Crippen molar-refractivity contribution < 1.29 is 45.8 Å². The van der Waals surface area contributed by atoms with Gasteiger partial charge in [0.2, 0.25) is 0 Å². The number of carbonyl (C=O) groups is 3. The number of rotatable bonds is 5. The number of amides is 1. The number of aldehydes is 1. The molecule has 0 unspecified atom stereocenters. The van der Waals surface area contributed by atoms with Crippen LogP contribution in [0.4, 0.5) is 32.0 Å². The summed E-state index contributed by atoms with van der Waals surface area (Å²) in [4.78, 5) is 35.2. The molecule has 35 heavy (non-hydrogen) atoms. The number of carbonyl (C=O) groups excluding carboxylic acids is 2. The van der Waals surface area contributed by atoms with Gasteiger partial charge in [-0.05, 0) is 47.5 Å². The molecule has 0 spiro atoms. The molecule has 0 saturated heterocycles. The van der Waals surface area contributed by atoms with Crippen molar-refractivity contribution >= 4 is 42.7 Å². The van der Waals surface area contributed by atoms with E-state index in [1.807, 2.05) is 0 Å². The van der Waals surface area contributed by atoms with E-state index in [1.165, 1.54) is 18.2 Å². The molecule has 178 valence electrons. The standard InChI is InChI=1S/C23H13F6NO4.Li.H/c24-22(25,26)16-7-15(8-17(10-16)23(27,28)29)20(32)30-19-5-4-14(9-18(19)21(33)34)13-3-1-2-12(6-13)11-31;;/h1-11H,(H,30,32)(H,33,34);;. The van der Waals surface area contributed by atoms with Crippen LogP contribution < -0.4 is 5.32 Å². The van der Waals surface area contributed by atoms with Gasteiger partial charge in [0.05, 0.1) is 22.4 Å². The molecular weight excluding hydrogens is 475 g/mol. The molecule has 3 rings (SSSR count). The van der Waals surface area contributed by atoms with E-state index >= 15 is 0 Å². The van der Waals surface area contributed by atoms with Gasteiger partial charge in [0.1, 0.15) is 6.29 Å². The fourth-order valence-corrected chi connectivity index (χ4v) is 3.08. The zero-order chi connectivity index (χ0) is 25.3. The van der Waals surface area contributed by atoms with Crippen molar-refractivity contribution in [2.45, 2.75) is 12.4 Å². The second kappa shape index (κ2) is 10.4. The van der Waals surface area contributed by atoms with Gasteiger partial charge in [-0.25, -0.2) is 4.79 Å². The van der Waals surface area contributed by atoms with Crippen LogP contribution in [0.2, 0.25) is 0 Å². The van der Waals surface area contributed by atoms with Crippen LogP contribution >= 0.6 is 0 Å². The zero-order valence-electron chi connectivity index (χ0n) is 16.8. The molecule has 0 bridgehead atoms. The summed E-state index contributed by atoms with van der Waals surface area (Å²) in [5.41, 5.74) is -4.01. The van der Waals surface area contributed by atoms with E-state index in [-0.39, 0.29) is 42.7 Å². The summed E-state index contributed by atoms with van der Waals surface area (Å²) in [5.74, 6) is -2.88. The molecule has 2 N–H and O–H groups in total. The maximum absolute atomic E-state index is 13.1. The van der Waals surface area contributed by atoms with Gasteiger partial charge < -0.3 is 10.4 Å². The summed E-state index contributed by atoms with van der Waals surface area (Å²) in [6, 6.07) is 10.2. The number of halogens is 6. The molecule has 0 heterocycles. The Morgan fingerprint density at radius 2 is 1.37 bits per heavy atom. The van der Waals surface area contributed by atoms with E-state index in [1.54, 1.807) is 12.1 Å². The number of hydrogen-bond donors (Lipinski definition) is 2. The average Bonchev–Trinajstić information content (AvgIpc) is 2.77. The molecule has 0 fully saturated rings. The van der Waals surface area contributed by atoms with Crippen molar-refractivity contribution in [3.05, 3.63) is 88.5 Å². The molecule has 0 aliphatic heterocycles. The first-order valence-electron chi connectivity index (χ1n) is 9.33. The third-order valence-electron chi connectivity index (χ3n) is 4.70. The van der Waals surface area contributed by atoms with Gasteiger partial charge >= 0.3 is 37.2 Å². The third-order valence-corrected chi connectivity index (χ3v) is 4.70. The monoisotopic (exact) mass is 489 g/mol. The molecule has 1 amide bonds. The fourth-order valence-electron chi connectivity index (χ4n) is 3.08. The van der Waals surface area contributed by atoms with Crippen LogP contribution in [0.15, 0.2) is 60.7 Å².